The molecular formula is C13H26N2O2S2. The van der Waals surface area contributed by atoms with Crippen LogP contribution in [0.2, 0.25) is 0 Å². The van der Waals surface area contributed by atoms with Gasteiger partial charge >= 0.3 is 0 Å². The molecule has 6 heteroatoms. The van der Waals surface area contributed by atoms with Gasteiger partial charge in [0.15, 0.2) is 9.84 Å². The fourth-order valence-electron chi connectivity index (χ4n) is 3.14. The molecule has 1 heterocycles. The van der Waals surface area contributed by atoms with Crippen LogP contribution in [0.5, 0.6) is 0 Å². The van der Waals surface area contributed by atoms with Crippen LogP contribution in [0.4, 0.5) is 0 Å². The maximum atomic E-state index is 11.8. The smallest absolute Gasteiger partial charge is 0.164 e. The Hall–Kier alpha value is 0.220. The lowest BCUT2D eigenvalue weighted by molar-refractivity contribution is 0.205. The molecule has 2 fully saturated rings. The largest absolute Gasteiger partial charge is 0.325 e. The van der Waals surface area contributed by atoms with Crippen LogP contribution < -0.4 is 5.73 Å². The van der Waals surface area contributed by atoms with Gasteiger partial charge in [0.2, 0.25) is 0 Å². The number of rotatable bonds is 4. The first-order valence-corrected chi connectivity index (χ1v) is 10.3. The second-order valence-corrected chi connectivity index (χ2v) is 9.42. The number of nitrogens with two attached hydrogens (primary N) is 1. The standard InChI is InChI=1S/C13H26N2O2S2/c1-19(16,17)12-11-18-10-9-15(12)8-7-13(14)5-3-2-4-6-13/h12H,2-11,14H2,1H3. The fourth-order valence-corrected chi connectivity index (χ4v) is 6.11. The first-order valence-electron chi connectivity index (χ1n) is 7.20. The van der Waals surface area contributed by atoms with Crippen molar-refractivity contribution in [1.29, 1.82) is 0 Å². The SMILES string of the molecule is CS(=O)(=O)C1CSCCN1CCC1(N)CCCCC1. The van der Waals surface area contributed by atoms with E-state index in [1.807, 2.05) is 0 Å². The van der Waals surface area contributed by atoms with Crippen LogP contribution in [-0.4, -0.2) is 55.1 Å². The molecule has 0 aromatic carbocycles. The van der Waals surface area contributed by atoms with E-state index in [-0.39, 0.29) is 10.9 Å². The molecule has 112 valence electrons. The third-order valence-corrected chi connectivity index (χ3v) is 7.12. The van der Waals surface area contributed by atoms with Gasteiger partial charge in [-0.3, -0.25) is 4.90 Å². The van der Waals surface area contributed by atoms with E-state index in [0.29, 0.717) is 5.75 Å². The highest BCUT2D eigenvalue weighted by Crippen LogP contribution is 2.30. The molecule has 0 amide bonds. The quantitative estimate of drug-likeness (QED) is 0.852. The number of sulfone groups is 1. The molecule has 1 unspecified atom stereocenters. The van der Waals surface area contributed by atoms with Gasteiger partial charge in [0, 0.05) is 36.4 Å². The van der Waals surface area contributed by atoms with Crippen molar-refractivity contribution in [2.75, 3.05) is 30.9 Å². The predicted octanol–water partition coefficient (Wildman–Crippen LogP) is 1.46. The van der Waals surface area contributed by atoms with Gasteiger partial charge in [-0.1, -0.05) is 19.3 Å². The zero-order chi connectivity index (χ0) is 13.9. The van der Waals surface area contributed by atoms with Gasteiger partial charge in [-0.25, -0.2) is 8.42 Å². The minimum absolute atomic E-state index is 0.0507. The van der Waals surface area contributed by atoms with Gasteiger partial charge < -0.3 is 5.73 Å². The highest BCUT2D eigenvalue weighted by Gasteiger charge is 2.33. The summed E-state index contributed by atoms with van der Waals surface area (Å²) in [5.41, 5.74) is 6.40. The van der Waals surface area contributed by atoms with E-state index in [0.717, 1.165) is 38.1 Å². The van der Waals surface area contributed by atoms with E-state index in [1.165, 1.54) is 25.5 Å². The summed E-state index contributed by atoms with van der Waals surface area (Å²) >= 11 is 1.74. The molecule has 1 saturated heterocycles. The van der Waals surface area contributed by atoms with Crippen LogP contribution in [0.25, 0.3) is 0 Å². The number of thioether (sulfide) groups is 1. The Morgan fingerprint density at radius 3 is 2.63 bits per heavy atom. The second kappa shape index (κ2) is 6.33. The number of nitrogens with zero attached hydrogens (tertiary/aromatic N) is 1. The normalized spacial score (nSPS) is 29.3. The zero-order valence-corrected chi connectivity index (χ0v) is 13.4. The van der Waals surface area contributed by atoms with Gasteiger partial charge in [-0.2, -0.15) is 11.8 Å². The van der Waals surface area contributed by atoms with Gasteiger partial charge in [0.25, 0.3) is 0 Å². The average molecular weight is 306 g/mol. The molecule has 0 spiro atoms. The molecule has 2 N–H and O–H groups in total. The Balaban J connectivity index is 1.92. The summed E-state index contributed by atoms with van der Waals surface area (Å²) in [6, 6.07) is 0. The first-order chi connectivity index (χ1) is 8.91. The van der Waals surface area contributed by atoms with Crippen molar-refractivity contribution < 1.29 is 8.42 Å². The minimum Gasteiger partial charge on any atom is -0.325 e. The Bertz CT molecular complexity index is 391. The molecule has 0 aromatic rings. The molecular weight excluding hydrogens is 280 g/mol. The molecule has 1 aliphatic carbocycles. The van der Waals surface area contributed by atoms with Crippen LogP contribution in [0.3, 0.4) is 0 Å². The summed E-state index contributed by atoms with van der Waals surface area (Å²) in [7, 11) is -2.98. The van der Waals surface area contributed by atoms with Gasteiger partial charge in [0.05, 0.1) is 0 Å². The Labute approximate surface area is 121 Å². The summed E-state index contributed by atoms with van der Waals surface area (Å²) in [6.07, 6.45) is 8.23. The lowest BCUT2D eigenvalue weighted by atomic mass is 9.80. The third kappa shape index (κ3) is 4.34. The zero-order valence-electron chi connectivity index (χ0n) is 11.8. The number of hydrogen-bond donors (Lipinski definition) is 1. The van der Waals surface area contributed by atoms with E-state index in [2.05, 4.69) is 4.90 Å². The van der Waals surface area contributed by atoms with E-state index in [4.69, 9.17) is 5.73 Å². The van der Waals surface area contributed by atoms with Gasteiger partial charge in [-0.15, -0.1) is 0 Å². The first kappa shape index (κ1) is 15.6. The molecule has 0 radical (unpaired) electrons. The highest BCUT2D eigenvalue weighted by atomic mass is 32.2. The van der Waals surface area contributed by atoms with Gasteiger partial charge in [0.1, 0.15) is 5.37 Å². The van der Waals surface area contributed by atoms with Crippen molar-refractivity contribution in [3.63, 3.8) is 0 Å². The van der Waals surface area contributed by atoms with Crippen LogP contribution in [0.15, 0.2) is 0 Å². The summed E-state index contributed by atoms with van der Waals surface area (Å²) in [5, 5.41) is -0.307. The summed E-state index contributed by atoms with van der Waals surface area (Å²) in [5.74, 6) is 1.74. The lowest BCUT2D eigenvalue weighted by Crippen LogP contribution is -2.50. The van der Waals surface area contributed by atoms with Gasteiger partial charge in [-0.05, 0) is 19.3 Å². The number of hydrogen-bond acceptors (Lipinski definition) is 5. The second-order valence-electron chi connectivity index (χ2n) is 6.07. The summed E-state index contributed by atoms with van der Waals surface area (Å²) < 4.78 is 23.7. The van der Waals surface area contributed by atoms with E-state index in [9.17, 15) is 8.42 Å². The maximum Gasteiger partial charge on any atom is 0.164 e. The average Bonchev–Trinajstić information content (AvgIpc) is 2.37. The molecule has 2 aliphatic rings. The fraction of sp³-hybridized carbons (Fsp3) is 1.00. The highest BCUT2D eigenvalue weighted by molar-refractivity contribution is 8.00. The van der Waals surface area contributed by atoms with Crippen molar-refractivity contribution in [1.82, 2.24) is 4.90 Å². The molecule has 2 rings (SSSR count). The van der Waals surface area contributed by atoms with Crippen LogP contribution in [-0.2, 0) is 9.84 Å². The molecule has 0 bridgehead atoms. The Kier molecular flexibility index (Phi) is 5.20. The molecule has 0 aromatic heterocycles. The Morgan fingerprint density at radius 1 is 1.32 bits per heavy atom. The van der Waals surface area contributed by atoms with E-state index >= 15 is 0 Å². The monoisotopic (exact) mass is 306 g/mol. The predicted molar refractivity (Wildman–Crippen MR) is 82.2 cm³/mol. The van der Waals surface area contributed by atoms with Crippen LogP contribution >= 0.6 is 11.8 Å². The molecule has 1 aliphatic heterocycles. The summed E-state index contributed by atoms with van der Waals surface area (Å²) in [6.45, 7) is 1.70. The van der Waals surface area contributed by atoms with Crippen molar-refractivity contribution in [2.45, 2.75) is 49.4 Å². The van der Waals surface area contributed by atoms with Crippen molar-refractivity contribution in [3.05, 3.63) is 0 Å². The molecule has 4 nitrogen and oxygen atoms in total. The van der Waals surface area contributed by atoms with E-state index in [1.54, 1.807) is 11.8 Å². The van der Waals surface area contributed by atoms with Crippen LogP contribution in [0.1, 0.15) is 38.5 Å². The molecule has 1 atom stereocenters. The topological polar surface area (TPSA) is 63.4 Å². The lowest BCUT2D eigenvalue weighted by Gasteiger charge is -2.39. The maximum absolute atomic E-state index is 11.8. The molecule has 19 heavy (non-hydrogen) atoms. The Morgan fingerprint density at radius 2 is 2.00 bits per heavy atom. The van der Waals surface area contributed by atoms with Crippen molar-refractivity contribution in [3.8, 4) is 0 Å². The van der Waals surface area contributed by atoms with Crippen molar-refractivity contribution in [2.24, 2.45) is 5.73 Å². The van der Waals surface area contributed by atoms with E-state index < -0.39 is 9.84 Å². The van der Waals surface area contributed by atoms with Crippen LogP contribution in [0, 0.1) is 0 Å². The minimum atomic E-state index is -2.98. The summed E-state index contributed by atoms with van der Waals surface area (Å²) in [4.78, 5) is 2.13. The molecule has 1 saturated carbocycles. The van der Waals surface area contributed by atoms with Crippen molar-refractivity contribution >= 4 is 21.6 Å². The third-order valence-electron chi connectivity index (χ3n) is 4.43.